The summed E-state index contributed by atoms with van der Waals surface area (Å²) < 4.78 is 16.6. The Morgan fingerprint density at radius 2 is 2.22 bits per heavy atom. The minimum atomic E-state index is -0.539. The van der Waals surface area contributed by atoms with E-state index in [0.717, 1.165) is 12.8 Å². The maximum absolute atomic E-state index is 5.72. The Hall–Kier alpha value is -0.980. The van der Waals surface area contributed by atoms with Crippen LogP contribution >= 0.6 is 0 Å². The van der Waals surface area contributed by atoms with Crippen LogP contribution in [0.1, 0.15) is 51.4 Å². The van der Waals surface area contributed by atoms with E-state index in [4.69, 9.17) is 19.7 Å². The van der Waals surface area contributed by atoms with Crippen molar-refractivity contribution in [3.05, 3.63) is 11.7 Å². The first-order chi connectivity index (χ1) is 8.56. The molecule has 2 atom stereocenters. The molecule has 102 valence electrons. The quantitative estimate of drug-likeness (QED) is 0.858. The first kappa shape index (κ1) is 13.5. The van der Waals surface area contributed by atoms with Gasteiger partial charge in [-0.2, -0.15) is 4.98 Å². The smallest absolute Gasteiger partial charge is 0.255 e. The fraction of sp³-hybridized carbons (Fsp3) is 0.833. The van der Waals surface area contributed by atoms with Gasteiger partial charge in [-0.15, -0.1) is 0 Å². The zero-order valence-corrected chi connectivity index (χ0v) is 11.2. The average Bonchev–Trinajstić information content (AvgIpc) is 2.98. The fourth-order valence-electron chi connectivity index (χ4n) is 2.10. The van der Waals surface area contributed by atoms with E-state index in [1.54, 1.807) is 0 Å². The number of rotatable bonds is 5. The van der Waals surface area contributed by atoms with Crippen LogP contribution in [0.5, 0.6) is 0 Å². The Kier molecular flexibility index (Phi) is 3.99. The highest BCUT2D eigenvalue weighted by atomic mass is 16.5. The Bertz CT molecular complexity index is 392. The second kappa shape index (κ2) is 5.34. The number of nitrogens with two attached hydrogens (primary N) is 1. The molecule has 0 spiro atoms. The van der Waals surface area contributed by atoms with E-state index in [9.17, 15) is 0 Å². The molecule has 1 fully saturated rings. The van der Waals surface area contributed by atoms with Gasteiger partial charge in [-0.1, -0.05) is 5.16 Å². The summed E-state index contributed by atoms with van der Waals surface area (Å²) in [6, 6.07) is 0. The summed E-state index contributed by atoms with van der Waals surface area (Å²) in [5, 5.41) is 3.98. The molecule has 1 aliphatic rings. The highest BCUT2D eigenvalue weighted by molar-refractivity contribution is 5.00. The van der Waals surface area contributed by atoms with Gasteiger partial charge in [-0.25, -0.2) is 0 Å². The lowest BCUT2D eigenvalue weighted by atomic mass is 10.1. The molecule has 0 radical (unpaired) electrons. The van der Waals surface area contributed by atoms with Gasteiger partial charge in [-0.3, -0.25) is 0 Å². The van der Waals surface area contributed by atoms with Crippen LogP contribution in [0.3, 0.4) is 0 Å². The van der Waals surface area contributed by atoms with Crippen molar-refractivity contribution in [2.24, 2.45) is 5.73 Å². The van der Waals surface area contributed by atoms with Gasteiger partial charge >= 0.3 is 0 Å². The lowest BCUT2D eigenvalue weighted by molar-refractivity contribution is -0.0221. The molecule has 1 saturated heterocycles. The summed E-state index contributed by atoms with van der Waals surface area (Å²) in [6.07, 6.45) is 1.79. The van der Waals surface area contributed by atoms with E-state index in [1.807, 2.05) is 20.8 Å². The van der Waals surface area contributed by atoms with Gasteiger partial charge in [-0.05, 0) is 33.6 Å². The van der Waals surface area contributed by atoms with Crippen LogP contribution in [0.2, 0.25) is 0 Å². The van der Waals surface area contributed by atoms with Gasteiger partial charge in [0.2, 0.25) is 5.82 Å². The molecule has 2 N–H and O–H groups in total. The van der Waals surface area contributed by atoms with Crippen molar-refractivity contribution in [2.45, 2.75) is 51.4 Å². The zero-order chi connectivity index (χ0) is 13.2. The Morgan fingerprint density at radius 1 is 1.44 bits per heavy atom. The molecule has 2 rings (SSSR count). The van der Waals surface area contributed by atoms with Gasteiger partial charge in [0.15, 0.2) is 0 Å². The molecule has 0 aliphatic carbocycles. The van der Waals surface area contributed by atoms with Crippen molar-refractivity contribution in [2.75, 3.05) is 13.2 Å². The predicted molar refractivity (Wildman–Crippen MR) is 64.9 cm³/mol. The summed E-state index contributed by atoms with van der Waals surface area (Å²) in [7, 11) is 0. The first-order valence-electron chi connectivity index (χ1n) is 6.40. The molecule has 18 heavy (non-hydrogen) atoms. The minimum absolute atomic E-state index is 0.102. The molecular weight excluding hydrogens is 234 g/mol. The molecule has 0 aromatic carbocycles. The number of nitrogens with zero attached hydrogens (tertiary/aromatic N) is 2. The van der Waals surface area contributed by atoms with Crippen LogP contribution in [-0.2, 0) is 15.1 Å². The lowest BCUT2D eigenvalue weighted by Crippen LogP contribution is -2.23. The third kappa shape index (κ3) is 2.71. The molecule has 6 nitrogen and oxygen atoms in total. The SMILES string of the molecule is CCOC(C)(C)c1noc(C2CCC(CN)O2)n1. The molecule has 1 aromatic heterocycles. The van der Waals surface area contributed by atoms with Crippen LogP contribution < -0.4 is 5.73 Å². The first-order valence-corrected chi connectivity index (χ1v) is 6.40. The van der Waals surface area contributed by atoms with Crippen LogP contribution in [0, 0.1) is 0 Å². The van der Waals surface area contributed by atoms with Crippen molar-refractivity contribution in [3.63, 3.8) is 0 Å². The molecular formula is C12H21N3O3. The summed E-state index contributed by atoms with van der Waals surface area (Å²) in [5.41, 5.74) is 5.04. The zero-order valence-electron chi connectivity index (χ0n) is 11.2. The fourth-order valence-corrected chi connectivity index (χ4v) is 2.10. The second-order valence-electron chi connectivity index (χ2n) is 4.96. The van der Waals surface area contributed by atoms with Crippen molar-refractivity contribution < 1.29 is 14.0 Å². The third-order valence-corrected chi connectivity index (χ3v) is 3.13. The largest absolute Gasteiger partial charge is 0.368 e. The Labute approximate surface area is 107 Å². The minimum Gasteiger partial charge on any atom is -0.368 e. The van der Waals surface area contributed by atoms with Crippen LogP contribution in [-0.4, -0.2) is 29.4 Å². The number of hydrogen-bond acceptors (Lipinski definition) is 6. The van der Waals surface area contributed by atoms with Crippen molar-refractivity contribution in [1.29, 1.82) is 0 Å². The van der Waals surface area contributed by atoms with E-state index >= 15 is 0 Å². The third-order valence-electron chi connectivity index (χ3n) is 3.13. The highest BCUT2D eigenvalue weighted by Crippen LogP contribution is 2.32. The maximum atomic E-state index is 5.72. The molecule has 0 bridgehead atoms. The Balaban J connectivity index is 2.07. The van der Waals surface area contributed by atoms with E-state index in [1.165, 1.54) is 0 Å². The molecule has 1 aromatic rings. The molecule has 6 heteroatoms. The van der Waals surface area contributed by atoms with Gasteiger partial charge in [0, 0.05) is 13.2 Å². The number of aromatic nitrogens is 2. The number of hydrogen-bond donors (Lipinski definition) is 1. The summed E-state index contributed by atoms with van der Waals surface area (Å²) in [6.45, 7) is 6.91. The van der Waals surface area contributed by atoms with Crippen molar-refractivity contribution >= 4 is 0 Å². The van der Waals surface area contributed by atoms with Gasteiger partial charge in [0.25, 0.3) is 5.89 Å². The van der Waals surface area contributed by atoms with Crippen molar-refractivity contribution in [1.82, 2.24) is 10.1 Å². The normalized spacial score (nSPS) is 24.7. The van der Waals surface area contributed by atoms with Gasteiger partial charge < -0.3 is 19.7 Å². The molecule has 2 heterocycles. The average molecular weight is 255 g/mol. The van der Waals surface area contributed by atoms with E-state index < -0.39 is 5.60 Å². The summed E-state index contributed by atoms with van der Waals surface area (Å²) >= 11 is 0. The number of ether oxygens (including phenoxy) is 2. The van der Waals surface area contributed by atoms with Crippen LogP contribution in [0.15, 0.2) is 4.52 Å². The topological polar surface area (TPSA) is 83.4 Å². The maximum Gasteiger partial charge on any atom is 0.255 e. The molecule has 2 unspecified atom stereocenters. The monoisotopic (exact) mass is 255 g/mol. The van der Waals surface area contributed by atoms with Crippen LogP contribution in [0.25, 0.3) is 0 Å². The molecule has 0 amide bonds. The molecule has 1 aliphatic heterocycles. The van der Waals surface area contributed by atoms with E-state index in [-0.39, 0.29) is 12.2 Å². The van der Waals surface area contributed by atoms with Gasteiger partial charge in [0.05, 0.1) is 6.10 Å². The standard InChI is InChI=1S/C12H21N3O3/c1-4-16-12(2,3)11-14-10(18-15-11)9-6-5-8(7-13)17-9/h8-9H,4-7,13H2,1-3H3. The second-order valence-corrected chi connectivity index (χ2v) is 4.96. The predicted octanol–water partition coefficient (Wildman–Crippen LogP) is 1.52. The molecule has 0 saturated carbocycles. The van der Waals surface area contributed by atoms with E-state index in [2.05, 4.69) is 10.1 Å². The van der Waals surface area contributed by atoms with Crippen molar-refractivity contribution in [3.8, 4) is 0 Å². The Morgan fingerprint density at radius 3 is 2.83 bits per heavy atom. The van der Waals surface area contributed by atoms with E-state index in [0.29, 0.717) is 24.9 Å². The van der Waals surface area contributed by atoms with Crippen LogP contribution in [0.4, 0.5) is 0 Å². The van der Waals surface area contributed by atoms with Gasteiger partial charge in [0.1, 0.15) is 11.7 Å². The summed E-state index contributed by atoms with van der Waals surface area (Å²) in [5.74, 6) is 1.08. The summed E-state index contributed by atoms with van der Waals surface area (Å²) in [4.78, 5) is 4.38. The highest BCUT2D eigenvalue weighted by Gasteiger charge is 2.33. The lowest BCUT2D eigenvalue weighted by Gasteiger charge is -2.19.